The Kier molecular flexibility index (Phi) is 7.04. The molecule has 2 aromatic rings. The van der Waals surface area contributed by atoms with Gasteiger partial charge < -0.3 is 15.1 Å². The molecule has 8 nitrogen and oxygen atoms in total. The third kappa shape index (κ3) is 6.14. The summed E-state index contributed by atoms with van der Waals surface area (Å²) in [6.07, 6.45) is 3.42. The predicted molar refractivity (Wildman–Crippen MR) is 98.5 cm³/mol. The second kappa shape index (κ2) is 9.47. The van der Waals surface area contributed by atoms with E-state index >= 15 is 0 Å². The number of amides is 2. The summed E-state index contributed by atoms with van der Waals surface area (Å²) in [5, 5.41) is 13.7. The lowest BCUT2D eigenvalue weighted by atomic mass is 10.2. The normalized spacial score (nSPS) is 10.6. The number of benzene rings is 1. The molecule has 26 heavy (non-hydrogen) atoms. The molecule has 1 aromatic heterocycles. The molecule has 1 N–H and O–H groups in total. The number of aromatic nitrogens is 1. The summed E-state index contributed by atoms with van der Waals surface area (Å²) < 4.78 is 0. The average Bonchev–Trinajstić information content (AvgIpc) is 2.64. The number of pyridine rings is 1. The molecule has 0 aliphatic heterocycles. The zero-order valence-corrected chi connectivity index (χ0v) is 15.0. The van der Waals surface area contributed by atoms with Crippen LogP contribution in [0.5, 0.6) is 0 Å². The summed E-state index contributed by atoms with van der Waals surface area (Å²) in [7, 11) is 3.90. The largest absolute Gasteiger partial charge is 0.334 e. The lowest BCUT2D eigenvalue weighted by Crippen LogP contribution is -2.42. The molecule has 1 aromatic carbocycles. The number of nitro benzene ring substituents is 1. The smallest absolute Gasteiger partial charge is 0.318 e. The van der Waals surface area contributed by atoms with Crippen molar-refractivity contribution >= 4 is 11.7 Å². The van der Waals surface area contributed by atoms with Crippen molar-refractivity contribution in [3.8, 4) is 0 Å². The molecule has 8 heteroatoms. The Morgan fingerprint density at radius 1 is 1.19 bits per heavy atom. The molecule has 0 bridgehead atoms. The van der Waals surface area contributed by atoms with Gasteiger partial charge in [0.15, 0.2) is 0 Å². The van der Waals surface area contributed by atoms with E-state index in [-0.39, 0.29) is 18.3 Å². The number of nitrogens with zero attached hydrogens (tertiary/aromatic N) is 4. The van der Waals surface area contributed by atoms with Crippen molar-refractivity contribution < 1.29 is 9.72 Å². The Bertz CT molecular complexity index is 737. The Labute approximate surface area is 152 Å². The molecule has 0 aliphatic carbocycles. The van der Waals surface area contributed by atoms with Gasteiger partial charge in [0.25, 0.3) is 5.69 Å². The van der Waals surface area contributed by atoms with E-state index in [4.69, 9.17) is 0 Å². The number of hydrogen-bond donors (Lipinski definition) is 1. The number of carbonyl (C=O) groups is 1. The van der Waals surface area contributed by atoms with Crippen molar-refractivity contribution in [1.29, 1.82) is 0 Å². The predicted octanol–water partition coefficient (Wildman–Crippen LogP) is 2.26. The molecule has 0 spiro atoms. The van der Waals surface area contributed by atoms with E-state index < -0.39 is 4.92 Å². The first-order valence-corrected chi connectivity index (χ1v) is 8.25. The number of hydrogen-bond acceptors (Lipinski definition) is 5. The van der Waals surface area contributed by atoms with Gasteiger partial charge in [-0.1, -0.05) is 18.2 Å². The molecule has 2 amide bonds. The van der Waals surface area contributed by atoms with Crippen LogP contribution in [0, 0.1) is 10.1 Å². The number of nitrogens with one attached hydrogen (secondary N) is 1. The highest BCUT2D eigenvalue weighted by Crippen LogP contribution is 2.13. The first-order chi connectivity index (χ1) is 12.5. The van der Waals surface area contributed by atoms with Crippen LogP contribution >= 0.6 is 0 Å². The van der Waals surface area contributed by atoms with E-state index in [9.17, 15) is 14.9 Å². The van der Waals surface area contributed by atoms with E-state index in [1.54, 1.807) is 29.4 Å². The van der Waals surface area contributed by atoms with Crippen LogP contribution in [0.2, 0.25) is 0 Å². The summed E-state index contributed by atoms with van der Waals surface area (Å²) in [6.45, 7) is 1.96. The fraction of sp³-hybridized carbons (Fsp3) is 0.333. The van der Waals surface area contributed by atoms with Crippen molar-refractivity contribution in [3.05, 3.63) is 70.0 Å². The Morgan fingerprint density at radius 2 is 1.96 bits per heavy atom. The third-order valence-corrected chi connectivity index (χ3v) is 3.77. The number of likely N-dealkylation sites (N-methyl/N-ethyl adjacent to an activating group) is 1. The summed E-state index contributed by atoms with van der Waals surface area (Å²) in [5.41, 5.74) is 1.63. The van der Waals surface area contributed by atoms with E-state index in [1.165, 1.54) is 12.1 Å². The molecular weight excluding hydrogens is 334 g/mol. The lowest BCUT2D eigenvalue weighted by Gasteiger charge is -2.24. The molecule has 0 saturated carbocycles. The monoisotopic (exact) mass is 357 g/mol. The van der Waals surface area contributed by atoms with Gasteiger partial charge in [-0.05, 0) is 31.3 Å². The van der Waals surface area contributed by atoms with Gasteiger partial charge in [-0.15, -0.1) is 0 Å². The Morgan fingerprint density at radius 3 is 2.62 bits per heavy atom. The van der Waals surface area contributed by atoms with Gasteiger partial charge in [0.1, 0.15) is 0 Å². The maximum atomic E-state index is 12.6. The molecule has 0 radical (unpaired) electrons. The summed E-state index contributed by atoms with van der Waals surface area (Å²) in [5.74, 6) is 0. The minimum atomic E-state index is -0.447. The van der Waals surface area contributed by atoms with Gasteiger partial charge in [0.05, 0.1) is 4.92 Å². The second-order valence-corrected chi connectivity index (χ2v) is 6.17. The highest BCUT2D eigenvalue weighted by molar-refractivity contribution is 5.74. The number of carbonyl (C=O) groups excluding carboxylic acids is 1. The highest BCUT2D eigenvalue weighted by Gasteiger charge is 2.15. The number of non-ortho nitro benzene ring substituents is 1. The van der Waals surface area contributed by atoms with E-state index in [0.29, 0.717) is 18.7 Å². The number of urea groups is 1. The van der Waals surface area contributed by atoms with Crippen LogP contribution in [0.4, 0.5) is 10.5 Å². The first kappa shape index (κ1) is 19.3. The fourth-order valence-electron chi connectivity index (χ4n) is 2.35. The van der Waals surface area contributed by atoms with Crippen LogP contribution < -0.4 is 5.32 Å². The molecule has 0 fully saturated rings. The SMILES string of the molecule is CN(C)CCN(Cc1cccnc1)C(=O)NCc1cccc([N+](=O)[O-])c1. The molecule has 0 aliphatic rings. The lowest BCUT2D eigenvalue weighted by molar-refractivity contribution is -0.384. The minimum Gasteiger partial charge on any atom is -0.334 e. The minimum absolute atomic E-state index is 0.0107. The Hall–Kier alpha value is -3.00. The van der Waals surface area contributed by atoms with Crippen molar-refractivity contribution in [2.24, 2.45) is 0 Å². The van der Waals surface area contributed by atoms with Crippen LogP contribution in [-0.4, -0.2) is 52.9 Å². The van der Waals surface area contributed by atoms with Crippen molar-refractivity contribution in [3.63, 3.8) is 0 Å². The van der Waals surface area contributed by atoms with Gasteiger partial charge in [0, 0.05) is 50.7 Å². The van der Waals surface area contributed by atoms with Gasteiger partial charge in [-0.2, -0.15) is 0 Å². The second-order valence-electron chi connectivity index (χ2n) is 6.17. The zero-order valence-electron chi connectivity index (χ0n) is 15.0. The topological polar surface area (TPSA) is 91.6 Å². The number of rotatable bonds is 8. The van der Waals surface area contributed by atoms with Crippen LogP contribution in [0.15, 0.2) is 48.8 Å². The summed E-state index contributed by atoms with van der Waals surface area (Å²) >= 11 is 0. The maximum absolute atomic E-state index is 12.6. The maximum Gasteiger partial charge on any atom is 0.318 e. The molecule has 0 saturated heterocycles. The van der Waals surface area contributed by atoms with E-state index in [1.807, 2.05) is 31.1 Å². The summed E-state index contributed by atoms with van der Waals surface area (Å²) in [4.78, 5) is 30.8. The van der Waals surface area contributed by atoms with Crippen LogP contribution in [0.1, 0.15) is 11.1 Å². The molecular formula is C18H23N5O3. The molecule has 2 rings (SSSR count). The third-order valence-electron chi connectivity index (χ3n) is 3.77. The highest BCUT2D eigenvalue weighted by atomic mass is 16.6. The van der Waals surface area contributed by atoms with Gasteiger partial charge in [-0.3, -0.25) is 15.1 Å². The zero-order chi connectivity index (χ0) is 18.9. The van der Waals surface area contributed by atoms with Crippen LogP contribution in [0.25, 0.3) is 0 Å². The number of nitro groups is 1. The van der Waals surface area contributed by atoms with Crippen LogP contribution in [0.3, 0.4) is 0 Å². The van der Waals surface area contributed by atoms with Gasteiger partial charge in [0.2, 0.25) is 0 Å². The van der Waals surface area contributed by atoms with Crippen molar-refractivity contribution in [2.45, 2.75) is 13.1 Å². The van der Waals surface area contributed by atoms with Crippen molar-refractivity contribution in [2.75, 3.05) is 27.2 Å². The Balaban J connectivity index is 2.00. The average molecular weight is 357 g/mol. The molecule has 1 heterocycles. The molecule has 0 atom stereocenters. The van der Waals surface area contributed by atoms with E-state index in [2.05, 4.69) is 10.3 Å². The van der Waals surface area contributed by atoms with E-state index in [0.717, 1.165) is 12.1 Å². The standard InChI is InChI=1S/C18H23N5O3/c1-21(2)9-10-22(14-16-6-4-8-19-12-16)18(24)20-13-15-5-3-7-17(11-15)23(25)26/h3-8,11-12H,9-10,13-14H2,1-2H3,(H,20,24). The van der Waals surface area contributed by atoms with Gasteiger partial charge in [-0.25, -0.2) is 4.79 Å². The first-order valence-electron chi connectivity index (χ1n) is 8.25. The molecule has 138 valence electrons. The van der Waals surface area contributed by atoms with Crippen molar-refractivity contribution in [1.82, 2.24) is 20.1 Å². The fourth-order valence-corrected chi connectivity index (χ4v) is 2.35. The van der Waals surface area contributed by atoms with Crippen LogP contribution in [-0.2, 0) is 13.1 Å². The quantitative estimate of drug-likeness (QED) is 0.578. The van der Waals surface area contributed by atoms with Gasteiger partial charge >= 0.3 is 6.03 Å². The summed E-state index contributed by atoms with van der Waals surface area (Å²) in [6, 6.07) is 9.78. The molecule has 0 unspecified atom stereocenters.